The van der Waals surface area contributed by atoms with Crippen molar-refractivity contribution in [3.63, 3.8) is 0 Å². The molecular weight excluding hydrogens is 316 g/mol. The average molecular weight is 331 g/mol. The highest BCUT2D eigenvalue weighted by atomic mass is 79.9. The van der Waals surface area contributed by atoms with E-state index in [-0.39, 0.29) is 18.2 Å². The average Bonchev–Trinajstić information content (AvgIpc) is 2.35. The second kappa shape index (κ2) is 7.20. The van der Waals surface area contributed by atoms with Gasteiger partial charge in [-0.3, -0.25) is 14.9 Å². The molecule has 0 saturated heterocycles. The van der Waals surface area contributed by atoms with Crippen molar-refractivity contribution in [3.05, 3.63) is 38.3 Å². The molecule has 0 amide bonds. The van der Waals surface area contributed by atoms with E-state index in [0.717, 1.165) is 4.47 Å². The zero-order valence-corrected chi connectivity index (χ0v) is 12.3. The molecule has 0 aliphatic rings. The van der Waals surface area contributed by atoms with E-state index in [9.17, 15) is 14.9 Å². The van der Waals surface area contributed by atoms with Crippen molar-refractivity contribution in [2.75, 3.05) is 6.61 Å². The van der Waals surface area contributed by atoms with Crippen LogP contribution in [0.1, 0.15) is 19.4 Å². The molecular formula is C12H15BrN2O4. The first-order valence-electron chi connectivity index (χ1n) is 5.78. The number of hydrogen-bond acceptors (Lipinski definition) is 5. The largest absolute Gasteiger partial charge is 0.465 e. The zero-order valence-electron chi connectivity index (χ0n) is 10.7. The van der Waals surface area contributed by atoms with Crippen molar-refractivity contribution in [3.8, 4) is 0 Å². The van der Waals surface area contributed by atoms with Gasteiger partial charge in [0.05, 0.1) is 11.5 Å². The molecule has 19 heavy (non-hydrogen) atoms. The van der Waals surface area contributed by atoms with Gasteiger partial charge in [-0.05, 0) is 26.0 Å². The van der Waals surface area contributed by atoms with Crippen LogP contribution in [-0.4, -0.2) is 23.5 Å². The maximum atomic E-state index is 11.4. The minimum atomic E-state index is -0.515. The molecule has 6 nitrogen and oxygen atoms in total. The van der Waals surface area contributed by atoms with E-state index in [2.05, 4.69) is 21.2 Å². The summed E-state index contributed by atoms with van der Waals surface area (Å²) in [6.07, 6.45) is 0. The number of nitro benzene ring substituents is 1. The summed E-state index contributed by atoms with van der Waals surface area (Å²) in [5.41, 5.74) is 0.530. The first-order chi connectivity index (χ1) is 8.95. The van der Waals surface area contributed by atoms with E-state index in [1.54, 1.807) is 26.0 Å². The van der Waals surface area contributed by atoms with E-state index in [4.69, 9.17) is 4.74 Å². The lowest BCUT2D eigenvalue weighted by Gasteiger charge is -2.12. The molecule has 1 rings (SSSR count). The Bertz CT molecular complexity index is 479. The molecule has 1 aromatic carbocycles. The fourth-order valence-electron chi connectivity index (χ4n) is 1.49. The normalized spacial score (nSPS) is 11.9. The molecule has 1 atom stereocenters. The summed E-state index contributed by atoms with van der Waals surface area (Å²) in [6.45, 7) is 3.91. The summed E-state index contributed by atoms with van der Waals surface area (Å²) >= 11 is 3.26. The molecule has 1 aromatic rings. The van der Waals surface area contributed by atoms with Crippen LogP contribution in [0, 0.1) is 10.1 Å². The van der Waals surface area contributed by atoms with E-state index in [1.807, 2.05) is 0 Å². The molecule has 0 saturated carbocycles. The Morgan fingerprint density at radius 1 is 1.58 bits per heavy atom. The smallest absolute Gasteiger partial charge is 0.322 e. The van der Waals surface area contributed by atoms with E-state index in [0.29, 0.717) is 12.2 Å². The van der Waals surface area contributed by atoms with Crippen molar-refractivity contribution >= 4 is 27.6 Å². The minimum absolute atomic E-state index is 0.0201. The number of hydrogen-bond donors (Lipinski definition) is 1. The van der Waals surface area contributed by atoms with Crippen molar-refractivity contribution in [1.82, 2.24) is 5.32 Å². The molecule has 1 N–H and O–H groups in total. The first kappa shape index (κ1) is 15.6. The lowest BCUT2D eigenvalue weighted by Crippen LogP contribution is -2.35. The highest BCUT2D eigenvalue weighted by molar-refractivity contribution is 9.10. The van der Waals surface area contributed by atoms with Crippen LogP contribution in [0.4, 0.5) is 5.69 Å². The monoisotopic (exact) mass is 330 g/mol. The van der Waals surface area contributed by atoms with Crippen LogP contribution in [0.15, 0.2) is 22.7 Å². The number of benzene rings is 1. The molecule has 0 bridgehead atoms. The quantitative estimate of drug-likeness (QED) is 0.492. The summed E-state index contributed by atoms with van der Waals surface area (Å²) in [4.78, 5) is 21.9. The number of carbonyl (C=O) groups is 1. The number of nitro groups is 1. The van der Waals surface area contributed by atoms with Gasteiger partial charge in [0.15, 0.2) is 0 Å². The van der Waals surface area contributed by atoms with E-state index < -0.39 is 11.0 Å². The van der Waals surface area contributed by atoms with Crippen molar-refractivity contribution < 1.29 is 14.5 Å². The lowest BCUT2D eigenvalue weighted by molar-refractivity contribution is -0.385. The van der Waals surface area contributed by atoms with Crippen LogP contribution in [0.3, 0.4) is 0 Å². The number of nitrogens with one attached hydrogen (secondary N) is 1. The van der Waals surface area contributed by atoms with Crippen LogP contribution in [0.2, 0.25) is 0 Å². The van der Waals surface area contributed by atoms with Crippen LogP contribution in [0.25, 0.3) is 0 Å². The van der Waals surface area contributed by atoms with Gasteiger partial charge in [0.2, 0.25) is 0 Å². The fraction of sp³-hybridized carbons (Fsp3) is 0.417. The van der Waals surface area contributed by atoms with E-state index >= 15 is 0 Å². The summed E-state index contributed by atoms with van der Waals surface area (Å²) in [5, 5.41) is 13.8. The van der Waals surface area contributed by atoms with Crippen LogP contribution < -0.4 is 5.32 Å². The second-order valence-electron chi connectivity index (χ2n) is 3.88. The van der Waals surface area contributed by atoms with Crippen LogP contribution >= 0.6 is 15.9 Å². The number of ether oxygens (including phenoxy) is 1. The summed E-state index contributed by atoms with van der Waals surface area (Å²) in [7, 11) is 0. The lowest BCUT2D eigenvalue weighted by atomic mass is 10.1. The van der Waals surface area contributed by atoms with Gasteiger partial charge in [0.1, 0.15) is 6.04 Å². The summed E-state index contributed by atoms with van der Waals surface area (Å²) in [6, 6.07) is 4.17. The van der Waals surface area contributed by atoms with Gasteiger partial charge < -0.3 is 10.1 Å². The standard InChI is InChI=1S/C12H15BrN2O4/c1-3-19-12(16)8(2)14-7-9-6-10(13)4-5-11(9)15(17)18/h4-6,8,14H,3,7H2,1-2H3. The number of nitrogens with zero attached hydrogens (tertiary/aromatic N) is 1. The highest BCUT2D eigenvalue weighted by Crippen LogP contribution is 2.22. The molecule has 1 unspecified atom stereocenters. The third-order valence-corrected chi connectivity index (χ3v) is 2.97. The summed E-state index contributed by atoms with van der Waals surface area (Å²) < 4.78 is 5.60. The first-order valence-corrected chi connectivity index (χ1v) is 6.57. The van der Waals surface area contributed by atoms with Gasteiger partial charge in [-0.2, -0.15) is 0 Å². The number of halogens is 1. The maximum absolute atomic E-state index is 11.4. The van der Waals surface area contributed by atoms with Crippen LogP contribution in [0.5, 0.6) is 0 Å². The molecule has 0 aliphatic carbocycles. The third-order valence-electron chi connectivity index (χ3n) is 2.48. The van der Waals surface area contributed by atoms with Gasteiger partial charge >= 0.3 is 5.97 Å². The maximum Gasteiger partial charge on any atom is 0.322 e. The molecule has 0 fully saturated rings. The molecule has 0 spiro atoms. The van der Waals surface area contributed by atoms with Crippen molar-refractivity contribution in [1.29, 1.82) is 0 Å². The number of esters is 1. The van der Waals surface area contributed by atoms with E-state index in [1.165, 1.54) is 6.07 Å². The summed E-state index contributed by atoms with van der Waals surface area (Å²) in [5.74, 6) is -0.375. The Balaban J connectivity index is 2.74. The predicted molar refractivity (Wildman–Crippen MR) is 73.7 cm³/mol. The van der Waals surface area contributed by atoms with Gasteiger partial charge in [0.25, 0.3) is 5.69 Å². The molecule has 0 aromatic heterocycles. The van der Waals surface area contributed by atoms with Gasteiger partial charge in [-0.15, -0.1) is 0 Å². The van der Waals surface area contributed by atoms with Gasteiger partial charge in [-0.25, -0.2) is 0 Å². The Kier molecular flexibility index (Phi) is 5.91. The highest BCUT2D eigenvalue weighted by Gasteiger charge is 2.17. The fourth-order valence-corrected chi connectivity index (χ4v) is 1.90. The molecule has 0 aliphatic heterocycles. The molecule has 104 valence electrons. The Hall–Kier alpha value is -1.47. The van der Waals surface area contributed by atoms with Crippen molar-refractivity contribution in [2.24, 2.45) is 0 Å². The Labute approximate surface area is 119 Å². The predicted octanol–water partition coefficient (Wildman–Crippen LogP) is 2.40. The third kappa shape index (κ3) is 4.60. The van der Waals surface area contributed by atoms with Crippen LogP contribution in [-0.2, 0) is 16.1 Å². The number of rotatable bonds is 6. The zero-order chi connectivity index (χ0) is 14.4. The Morgan fingerprint density at radius 3 is 2.84 bits per heavy atom. The minimum Gasteiger partial charge on any atom is -0.465 e. The van der Waals surface area contributed by atoms with Gasteiger partial charge in [-0.1, -0.05) is 15.9 Å². The Morgan fingerprint density at radius 2 is 2.26 bits per heavy atom. The van der Waals surface area contributed by atoms with Gasteiger partial charge in [0, 0.05) is 22.6 Å². The van der Waals surface area contributed by atoms with Crippen molar-refractivity contribution in [2.45, 2.75) is 26.4 Å². The molecule has 7 heteroatoms. The second-order valence-corrected chi connectivity index (χ2v) is 4.80. The SMILES string of the molecule is CCOC(=O)C(C)NCc1cc(Br)ccc1[N+](=O)[O-]. The topological polar surface area (TPSA) is 81.5 Å². The molecule has 0 radical (unpaired) electrons. The molecule has 0 heterocycles. The number of carbonyl (C=O) groups excluding carboxylic acids is 1.